The first-order valence-corrected chi connectivity index (χ1v) is 7.72. The minimum absolute atomic E-state index is 0.0429. The summed E-state index contributed by atoms with van der Waals surface area (Å²) in [5.41, 5.74) is -0.516. The van der Waals surface area contributed by atoms with Crippen molar-refractivity contribution in [2.24, 2.45) is 16.7 Å². The van der Waals surface area contributed by atoms with Crippen molar-refractivity contribution >= 4 is 11.8 Å². The topological polar surface area (TPSA) is 37.4 Å². The van der Waals surface area contributed by atoms with Crippen molar-refractivity contribution in [3.05, 3.63) is 0 Å². The van der Waals surface area contributed by atoms with Crippen molar-refractivity contribution in [1.29, 1.82) is 0 Å². The van der Waals surface area contributed by atoms with Crippen LogP contribution in [0.25, 0.3) is 0 Å². The minimum Gasteiger partial charge on any atom is -0.282 e. The number of rotatable bonds is 5. The quantitative estimate of drug-likeness (QED) is 0.564. The van der Waals surface area contributed by atoms with Crippen LogP contribution in [0.4, 0.5) is 0 Å². The summed E-state index contributed by atoms with van der Waals surface area (Å²) in [4.78, 5) is 26.8. The molecular weight excluding hydrogens is 238 g/mol. The minimum atomic E-state index is -0.337. The molecule has 0 unspecified atom stereocenters. The fourth-order valence-electron chi connectivity index (χ4n) is 3.81. The Morgan fingerprint density at radius 1 is 1.16 bits per heavy atom. The van der Waals surface area contributed by atoms with E-state index in [1.807, 2.05) is 0 Å². The van der Waals surface area contributed by atoms with Gasteiger partial charge in [-0.15, -0.1) is 0 Å². The molecule has 0 aromatic heterocycles. The Kier molecular flexibility index (Phi) is 3.76. The van der Waals surface area contributed by atoms with E-state index in [2.05, 4.69) is 27.7 Å². The second-order valence-electron chi connectivity index (χ2n) is 7.00. The van der Waals surface area contributed by atoms with E-state index < -0.39 is 0 Å². The molecule has 19 heavy (non-hydrogen) atoms. The molecule has 2 bridgehead atoms. The van der Waals surface area contributed by atoms with Gasteiger partial charge < -0.3 is 0 Å². The van der Waals surface area contributed by atoms with E-state index in [0.717, 1.165) is 25.7 Å². The highest BCUT2D eigenvalue weighted by Crippen LogP contribution is 2.59. The summed E-state index contributed by atoms with van der Waals surface area (Å²) in [6, 6.07) is 0. The number of piperidine rings is 1. The number of hydrogen-bond donors (Lipinski definition) is 0. The Balaban J connectivity index is 2.12. The summed E-state index contributed by atoms with van der Waals surface area (Å²) in [5, 5.41) is 0. The van der Waals surface area contributed by atoms with Crippen LogP contribution < -0.4 is 0 Å². The number of carbonyl (C=O) groups is 2. The van der Waals surface area contributed by atoms with Gasteiger partial charge in [0.25, 0.3) is 0 Å². The number of hydrogen-bond acceptors (Lipinski definition) is 2. The third kappa shape index (κ3) is 2.02. The Bertz CT molecular complexity index is 388. The first-order chi connectivity index (χ1) is 8.86. The Labute approximate surface area is 116 Å². The summed E-state index contributed by atoms with van der Waals surface area (Å²) in [6.07, 6.45) is 6.16. The second-order valence-corrected chi connectivity index (χ2v) is 7.00. The SMILES string of the molecule is CCCCCCN1C(=O)[C@H]2CC[C@@](C)(C1=O)C2(C)C. The molecule has 3 nitrogen and oxygen atoms in total. The monoisotopic (exact) mass is 265 g/mol. The molecule has 2 amide bonds. The maximum absolute atomic E-state index is 12.7. The van der Waals surface area contributed by atoms with Crippen LogP contribution in [0, 0.1) is 16.7 Å². The molecule has 2 fully saturated rings. The molecule has 1 aliphatic carbocycles. The molecule has 2 aliphatic rings. The van der Waals surface area contributed by atoms with Crippen molar-refractivity contribution in [1.82, 2.24) is 4.90 Å². The van der Waals surface area contributed by atoms with Crippen LogP contribution in [0.15, 0.2) is 0 Å². The summed E-state index contributed by atoms with van der Waals surface area (Å²) in [7, 11) is 0. The van der Waals surface area contributed by atoms with E-state index in [1.54, 1.807) is 4.90 Å². The highest BCUT2D eigenvalue weighted by atomic mass is 16.2. The zero-order chi connectivity index (χ0) is 14.3. The number of likely N-dealkylation sites (tertiary alicyclic amines) is 1. The zero-order valence-corrected chi connectivity index (χ0v) is 12.8. The number of fused-ring (bicyclic) bond motifs is 2. The summed E-state index contributed by atoms with van der Waals surface area (Å²) >= 11 is 0. The summed E-state index contributed by atoms with van der Waals surface area (Å²) in [5.74, 6) is 0.204. The Hall–Kier alpha value is -0.860. The normalized spacial score (nSPS) is 33.1. The molecule has 1 aliphatic heterocycles. The van der Waals surface area contributed by atoms with Crippen LogP contribution in [0.5, 0.6) is 0 Å². The number of imide groups is 1. The standard InChI is InChI=1S/C16H27NO2/c1-5-6-7-8-11-17-13(18)12-9-10-16(4,14(17)19)15(12,2)3/h12H,5-11H2,1-4H3/t12-,16+/m1/s1. The molecule has 1 saturated heterocycles. The molecule has 1 heterocycles. The van der Waals surface area contributed by atoms with Gasteiger partial charge in [0.1, 0.15) is 0 Å². The summed E-state index contributed by atoms with van der Waals surface area (Å²) in [6.45, 7) is 9.03. The maximum atomic E-state index is 12.7. The highest BCUT2D eigenvalue weighted by Gasteiger charge is 2.64. The van der Waals surface area contributed by atoms with E-state index in [9.17, 15) is 9.59 Å². The molecular formula is C16H27NO2. The van der Waals surface area contributed by atoms with Gasteiger partial charge in [0, 0.05) is 12.5 Å². The van der Waals surface area contributed by atoms with Gasteiger partial charge in [-0.05, 0) is 24.7 Å². The zero-order valence-electron chi connectivity index (χ0n) is 12.8. The van der Waals surface area contributed by atoms with Gasteiger partial charge in [-0.2, -0.15) is 0 Å². The Morgan fingerprint density at radius 3 is 2.47 bits per heavy atom. The van der Waals surface area contributed by atoms with Crippen LogP contribution >= 0.6 is 0 Å². The van der Waals surface area contributed by atoms with Crippen molar-refractivity contribution in [3.63, 3.8) is 0 Å². The van der Waals surface area contributed by atoms with Crippen molar-refractivity contribution in [3.8, 4) is 0 Å². The van der Waals surface area contributed by atoms with Gasteiger partial charge in [-0.3, -0.25) is 14.5 Å². The largest absolute Gasteiger partial charge is 0.282 e. The van der Waals surface area contributed by atoms with Crippen molar-refractivity contribution in [2.45, 2.75) is 66.2 Å². The molecule has 0 radical (unpaired) electrons. The predicted octanol–water partition coefficient (Wildman–Crippen LogP) is 3.38. The van der Waals surface area contributed by atoms with Crippen LogP contribution in [-0.2, 0) is 9.59 Å². The van der Waals surface area contributed by atoms with E-state index in [-0.39, 0.29) is 28.6 Å². The lowest BCUT2D eigenvalue weighted by Gasteiger charge is -2.47. The van der Waals surface area contributed by atoms with Gasteiger partial charge in [-0.1, -0.05) is 47.0 Å². The second kappa shape index (κ2) is 4.92. The van der Waals surface area contributed by atoms with Crippen molar-refractivity contribution < 1.29 is 9.59 Å². The number of carbonyl (C=O) groups excluding carboxylic acids is 2. The number of nitrogens with zero attached hydrogens (tertiary/aromatic N) is 1. The molecule has 0 spiro atoms. The fraction of sp³-hybridized carbons (Fsp3) is 0.875. The lowest BCUT2D eigenvalue weighted by Crippen LogP contribution is -2.59. The summed E-state index contributed by atoms with van der Waals surface area (Å²) < 4.78 is 0. The van der Waals surface area contributed by atoms with E-state index in [0.29, 0.717) is 6.54 Å². The van der Waals surface area contributed by atoms with E-state index in [1.165, 1.54) is 12.8 Å². The van der Waals surface area contributed by atoms with Crippen LogP contribution in [0.3, 0.4) is 0 Å². The smallest absolute Gasteiger partial charge is 0.235 e. The third-order valence-electron chi connectivity index (χ3n) is 5.74. The molecule has 2 rings (SSSR count). The maximum Gasteiger partial charge on any atom is 0.235 e. The van der Waals surface area contributed by atoms with E-state index >= 15 is 0 Å². The Morgan fingerprint density at radius 2 is 1.84 bits per heavy atom. The fourth-order valence-corrected chi connectivity index (χ4v) is 3.81. The average Bonchev–Trinajstić information content (AvgIpc) is 2.54. The van der Waals surface area contributed by atoms with Crippen LogP contribution in [0.2, 0.25) is 0 Å². The van der Waals surface area contributed by atoms with E-state index in [4.69, 9.17) is 0 Å². The molecule has 1 saturated carbocycles. The first-order valence-electron chi connectivity index (χ1n) is 7.72. The van der Waals surface area contributed by atoms with Crippen molar-refractivity contribution in [2.75, 3.05) is 6.54 Å². The molecule has 0 aromatic rings. The molecule has 3 heteroatoms. The van der Waals surface area contributed by atoms with Crippen LogP contribution in [0.1, 0.15) is 66.2 Å². The van der Waals surface area contributed by atoms with Gasteiger partial charge in [-0.25, -0.2) is 0 Å². The lowest BCUT2D eigenvalue weighted by molar-refractivity contribution is -0.167. The number of unbranched alkanes of at least 4 members (excludes halogenated alkanes) is 3. The van der Waals surface area contributed by atoms with Gasteiger partial charge in [0.15, 0.2) is 0 Å². The van der Waals surface area contributed by atoms with Gasteiger partial charge in [0.05, 0.1) is 5.41 Å². The molecule has 0 N–H and O–H groups in total. The predicted molar refractivity (Wildman–Crippen MR) is 75.5 cm³/mol. The van der Waals surface area contributed by atoms with Gasteiger partial charge in [0.2, 0.25) is 11.8 Å². The lowest BCUT2D eigenvalue weighted by atomic mass is 9.62. The highest BCUT2D eigenvalue weighted by molar-refractivity contribution is 6.03. The molecule has 0 aromatic carbocycles. The first kappa shape index (κ1) is 14.5. The number of amides is 2. The molecule has 2 atom stereocenters. The van der Waals surface area contributed by atoms with Gasteiger partial charge >= 0.3 is 0 Å². The average molecular weight is 265 g/mol. The third-order valence-corrected chi connectivity index (χ3v) is 5.74. The van der Waals surface area contributed by atoms with Crippen LogP contribution in [-0.4, -0.2) is 23.3 Å². The molecule has 108 valence electrons.